The third-order valence-corrected chi connectivity index (χ3v) is 4.93. The standard InChI is InChI=1S/C17H13BrF3N3O.C2HF3O2/c18-12-3-1-2-11(7-12)16(17(19,20)21)8-10-6-9(15(23)25)4-5-13(10)14(22)24-16;3-2(4,5)1(6)7/h1-7H,8H2,(H2,22,24)(H2,23,25);(H,6,7). The van der Waals surface area contributed by atoms with E-state index in [1.165, 1.54) is 36.4 Å². The first-order chi connectivity index (χ1) is 14.6. The van der Waals surface area contributed by atoms with E-state index in [-0.39, 0.29) is 22.5 Å². The summed E-state index contributed by atoms with van der Waals surface area (Å²) in [5, 5.41) is 7.12. The Morgan fingerprint density at radius 1 is 1.06 bits per heavy atom. The molecular formula is C19H14BrF6N3O3. The fourth-order valence-corrected chi connectivity index (χ4v) is 3.36. The number of hydrogen-bond donors (Lipinski definition) is 3. The number of aliphatic imine (C=N–C) groups is 1. The van der Waals surface area contributed by atoms with E-state index in [2.05, 4.69) is 20.9 Å². The molecule has 3 rings (SSSR count). The highest BCUT2D eigenvalue weighted by molar-refractivity contribution is 9.10. The minimum Gasteiger partial charge on any atom is -0.475 e. The van der Waals surface area contributed by atoms with Crippen molar-refractivity contribution in [2.45, 2.75) is 24.3 Å². The average molecular weight is 526 g/mol. The Morgan fingerprint density at radius 3 is 2.12 bits per heavy atom. The lowest BCUT2D eigenvalue weighted by Gasteiger charge is -2.36. The number of amides is 1. The predicted molar refractivity (Wildman–Crippen MR) is 105 cm³/mol. The van der Waals surface area contributed by atoms with Crippen LogP contribution in [-0.2, 0) is 16.8 Å². The number of carboxylic acid groups (broad SMARTS) is 1. The fourth-order valence-electron chi connectivity index (χ4n) is 2.96. The molecule has 2 aromatic carbocycles. The lowest BCUT2D eigenvalue weighted by atomic mass is 9.79. The summed E-state index contributed by atoms with van der Waals surface area (Å²) in [6.07, 6.45) is -10.2. The second kappa shape index (κ2) is 8.81. The third kappa shape index (κ3) is 5.21. The zero-order valence-electron chi connectivity index (χ0n) is 15.8. The topological polar surface area (TPSA) is 119 Å². The van der Waals surface area contributed by atoms with Gasteiger partial charge in [0, 0.05) is 22.0 Å². The van der Waals surface area contributed by atoms with Crippen molar-refractivity contribution in [2.24, 2.45) is 16.5 Å². The van der Waals surface area contributed by atoms with Crippen molar-refractivity contribution in [2.75, 3.05) is 0 Å². The summed E-state index contributed by atoms with van der Waals surface area (Å²) in [7, 11) is 0. The predicted octanol–water partition coefficient (Wildman–Crippen LogP) is 3.90. The number of carbonyl (C=O) groups excluding carboxylic acids is 1. The van der Waals surface area contributed by atoms with Gasteiger partial charge in [-0.15, -0.1) is 0 Å². The summed E-state index contributed by atoms with van der Waals surface area (Å²) in [6.45, 7) is 0. The number of primary amides is 1. The Morgan fingerprint density at radius 2 is 1.66 bits per heavy atom. The molecule has 172 valence electrons. The van der Waals surface area contributed by atoms with Crippen LogP contribution >= 0.6 is 15.9 Å². The van der Waals surface area contributed by atoms with Crippen molar-refractivity contribution in [1.82, 2.24) is 0 Å². The number of fused-ring (bicyclic) bond motifs is 1. The number of aliphatic carboxylic acids is 1. The van der Waals surface area contributed by atoms with E-state index in [1.807, 2.05) is 0 Å². The maximum Gasteiger partial charge on any atom is 0.490 e. The van der Waals surface area contributed by atoms with Crippen LogP contribution in [0.4, 0.5) is 26.3 Å². The molecule has 0 aliphatic carbocycles. The molecule has 1 aliphatic rings. The Labute approximate surface area is 185 Å². The van der Waals surface area contributed by atoms with Crippen LogP contribution < -0.4 is 11.5 Å². The molecule has 1 heterocycles. The number of carboxylic acids is 1. The van der Waals surface area contributed by atoms with Crippen LogP contribution in [0.5, 0.6) is 0 Å². The molecular weight excluding hydrogens is 512 g/mol. The van der Waals surface area contributed by atoms with Crippen molar-refractivity contribution >= 4 is 33.6 Å². The summed E-state index contributed by atoms with van der Waals surface area (Å²) in [6, 6.07) is 10.1. The van der Waals surface area contributed by atoms with E-state index in [1.54, 1.807) is 6.07 Å². The Balaban J connectivity index is 0.000000451. The van der Waals surface area contributed by atoms with E-state index in [9.17, 15) is 31.1 Å². The highest BCUT2D eigenvalue weighted by atomic mass is 79.9. The quantitative estimate of drug-likeness (QED) is 0.515. The van der Waals surface area contributed by atoms with Crippen LogP contribution in [0.2, 0.25) is 0 Å². The van der Waals surface area contributed by atoms with E-state index < -0.39 is 36.2 Å². The highest BCUT2D eigenvalue weighted by Crippen LogP contribution is 2.47. The summed E-state index contributed by atoms with van der Waals surface area (Å²) >= 11 is 3.19. The number of rotatable bonds is 2. The number of nitrogens with zero attached hydrogens (tertiary/aromatic N) is 1. The summed E-state index contributed by atoms with van der Waals surface area (Å²) in [5.41, 5.74) is 9.30. The molecule has 0 spiro atoms. The van der Waals surface area contributed by atoms with E-state index >= 15 is 0 Å². The third-order valence-electron chi connectivity index (χ3n) is 4.44. The first-order valence-corrected chi connectivity index (χ1v) is 9.29. The number of alkyl halides is 6. The normalized spacial score (nSPS) is 18.0. The van der Waals surface area contributed by atoms with Crippen LogP contribution in [0.3, 0.4) is 0 Å². The highest BCUT2D eigenvalue weighted by Gasteiger charge is 2.58. The fraction of sp³-hybridized carbons (Fsp3) is 0.211. The summed E-state index contributed by atoms with van der Waals surface area (Å²) in [4.78, 5) is 24.1. The monoisotopic (exact) mass is 525 g/mol. The van der Waals surface area contributed by atoms with Crippen LogP contribution in [0, 0.1) is 0 Å². The summed E-state index contributed by atoms with van der Waals surface area (Å²) in [5.74, 6) is -3.70. The molecule has 0 bridgehead atoms. The molecule has 5 N–H and O–H groups in total. The second-order valence-electron chi connectivity index (χ2n) is 6.58. The van der Waals surface area contributed by atoms with Gasteiger partial charge in [-0.25, -0.2) is 9.79 Å². The van der Waals surface area contributed by atoms with Gasteiger partial charge in [-0.2, -0.15) is 26.3 Å². The molecule has 1 aliphatic heterocycles. The maximum absolute atomic E-state index is 14.1. The van der Waals surface area contributed by atoms with Gasteiger partial charge in [0.1, 0.15) is 5.84 Å². The lowest BCUT2D eigenvalue weighted by Crippen LogP contribution is -2.47. The zero-order chi connectivity index (χ0) is 24.5. The number of carbonyl (C=O) groups is 2. The largest absolute Gasteiger partial charge is 0.490 e. The van der Waals surface area contributed by atoms with E-state index in [0.717, 1.165) is 0 Å². The van der Waals surface area contributed by atoms with E-state index in [0.29, 0.717) is 10.0 Å². The molecule has 0 fully saturated rings. The van der Waals surface area contributed by atoms with Crippen LogP contribution in [0.1, 0.15) is 27.0 Å². The number of benzene rings is 2. The van der Waals surface area contributed by atoms with E-state index in [4.69, 9.17) is 21.4 Å². The maximum atomic E-state index is 14.1. The van der Waals surface area contributed by atoms with Crippen LogP contribution in [-0.4, -0.2) is 35.2 Å². The minimum atomic E-state index is -5.08. The van der Waals surface area contributed by atoms with Crippen LogP contribution in [0.15, 0.2) is 51.9 Å². The molecule has 1 atom stereocenters. The van der Waals surface area contributed by atoms with Gasteiger partial charge in [0.25, 0.3) is 0 Å². The van der Waals surface area contributed by atoms with Crippen molar-refractivity contribution in [1.29, 1.82) is 0 Å². The molecule has 2 aromatic rings. The smallest absolute Gasteiger partial charge is 0.475 e. The molecule has 13 heteroatoms. The van der Waals surface area contributed by atoms with Gasteiger partial charge in [-0.05, 0) is 35.4 Å². The number of nitrogens with two attached hydrogens (primary N) is 2. The first kappa shape index (κ1) is 25.2. The van der Waals surface area contributed by atoms with Crippen molar-refractivity contribution in [3.8, 4) is 0 Å². The average Bonchev–Trinajstić information content (AvgIpc) is 2.66. The minimum absolute atomic E-state index is 0.0348. The van der Waals surface area contributed by atoms with Crippen molar-refractivity contribution in [3.05, 3.63) is 69.2 Å². The first-order valence-electron chi connectivity index (χ1n) is 8.50. The number of amidine groups is 1. The Hall–Kier alpha value is -3.09. The van der Waals surface area contributed by atoms with Gasteiger partial charge in [0.15, 0.2) is 5.54 Å². The molecule has 32 heavy (non-hydrogen) atoms. The zero-order valence-corrected chi connectivity index (χ0v) is 17.3. The summed E-state index contributed by atoms with van der Waals surface area (Å²) < 4.78 is 74.4. The Kier molecular flexibility index (Phi) is 6.93. The molecule has 1 amide bonds. The second-order valence-corrected chi connectivity index (χ2v) is 7.50. The lowest BCUT2D eigenvalue weighted by molar-refractivity contribution is -0.192. The SMILES string of the molecule is NC(=O)c1ccc2c(c1)CC(c1cccc(Br)c1)(C(F)(F)F)N=C2N.O=C(O)C(F)(F)F. The molecule has 0 aromatic heterocycles. The molecule has 6 nitrogen and oxygen atoms in total. The molecule has 0 saturated carbocycles. The number of hydrogen-bond acceptors (Lipinski definition) is 4. The molecule has 1 unspecified atom stereocenters. The van der Waals surface area contributed by atoms with Gasteiger partial charge in [0.2, 0.25) is 5.91 Å². The van der Waals surface area contributed by atoms with Gasteiger partial charge < -0.3 is 16.6 Å². The van der Waals surface area contributed by atoms with Gasteiger partial charge in [0.05, 0.1) is 0 Å². The molecule has 0 radical (unpaired) electrons. The van der Waals surface area contributed by atoms with Crippen molar-refractivity contribution in [3.63, 3.8) is 0 Å². The van der Waals surface area contributed by atoms with Crippen molar-refractivity contribution < 1.29 is 41.0 Å². The molecule has 0 saturated heterocycles. The van der Waals surface area contributed by atoms with Gasteiger partial charge in [-0.1, -0.05) is 34.1 Å². The number of halogens is 7. The van der Waals surface area contributed by atoms with Gasteiger partial charge in [-0.3, -0.25) is 4.79 Å². The van der Waals surface area contributed by atoms with Crippen LogP contribution in [0.25, 0.3) is 0 Å². The van der Waals surface area contributed by atoms with Gasteiger partial charge >= 0.3 is 18.3 Å². The Bertz CT molecular complexity index is 1080.